The summed E-state index contributed by atoms with van der Waals surface area (Å²) in [5, 5.41) is 1.78. The SMILES string of the molecule is CC(=O)c1cc(C(=O)N2CC[C@H]3[C@H](CCCN3C(=O)CSc3ccccc3)C2)cs1. The normalized spacial score (nSPS) is 21.2. The highest BCUT2D eigenvalue weighted by atomic mass is 32.2. The number of rotatable bonds is 5. The Bertz CT molecular complexity index is 928. The molecule has 7 heteroatoms. The van der Waals surface area contributed by atoms with E-state index in [4.69, 9.17) is 0 Å². The minimum Gasteiger partial charge on any atom is -0.339 e. The van der Waals surface area contributed by atoms with Crippen LogP contribution in [0.1, 0.15) is 46.2 Å². The fourth-order valence-electron chi connectivity index (χ4n) is 4.46. The molecule has 1 aromatic carbocycles. The summed E-state index contributed by atoms with van der Waals surface area (Å²) in [5.41, 5.74) is 0.603. The Morgan fingerprint density at radius 3 is 2.67 bits per heavy atom. The molecule has 0 radical (unpaired) electrons. The summed E-state index contributed by atoms with van der Waals surface area (Å²) in [4.78, 5) is 43.1. The molecule has 0 bridgehead atoms. The van der Waals surface area contributed by atoms with Crippen molar-refractivity contribution in [2.75, 3.05) is 25.4 Å². The van der Waals surface area contributed by atoms with Crippen molar-refractivity contribution in [3.05, 3.63) is 52.2 Å². The number of thioether (sulfide) groups is 1. The standard InChI is InChI=1S/C23H26N2O3S2/c1-16(26)21-12-18(14-30-21)23(28)24-11-9-20-17(13-24)6-5-10-25(20)22(27)15-29-19-7-3-2-4-8-19/h2-4,7-8,12,14,17,20H,5-6,9-11,13,15H2,1H3/t17-,20+/m1/s1. The first-order valence-electron chi connectivity index (χ1n) is 10.4. The van der Waals surface area contributed by atoms with Gasteiger partial charge in [0.2, 0.25) is 5.91 Å². The zero-order valence-corrected chi connectivity index (χ0v) is 18.7. The van der Waals surface area contributed by atoms with E-state index < -0.39 is 0 Å². The van der Waals surface area contributed by atoms with Gasteiger partial charge in [0.25, 0.3) is 5.91 Å². The Morgan fingerprint density at radius 1 is 1.13 bits per heavy atom. The topological polar surface area (TPSA) is 57.7 Å². The van der Waals surface area contributed by atoms with E-state index in [1.165, 1.54) is 18.3 Å². The predicted octanol–water partition coefficient (Wildman–Crippen LogP) is 4.20. The Hall–Kier alpha value is -2.12. The lowest BCUT2D eigenvalue weighted by Crippen LogP contribution is -2.57. The van der Waals surface area contributed by atoms with Crippen molar-refractivity contribution < 1.29 is 14.4 Å². The van der Waals surface area contributed by atoms with E-state index in [2.05, 4.69) is 4.90 Å². The molecule has 2 aromatic rings. The number of thiophene rings is 1. The molecular weight excluding hydrogens is 416 g/mol. The van der Waals surface area contributed by atoms with Gasteiger partial charge in [-0.15, -0.1) is 23.1 Å². The first-order valence-corrected chi connectivity index (χ1v) is 12.3. The van der Waals surface area contributed by atoms with Crippen LogP contribution in [-0.4, -0.2) is 58.8 Å². The van der Waals surface area contributed by atoms with Crippen LogP contribution in [0.5, 0.6) is 0 Å². The average Bonchev–Trinajstić information content (AvgIpc) is 3.27. The Morgan fingerprint density at radius 2 is 1.93 bits per heavy atom. The number of hydrogen-bond donors (Lipinski definition) is 0. The zero-order valence-electron chi connectivity index (χ0n) is 17.1. The number of carbonyl (C=O) groups excluding carboxylic acids is 3. The molecule has 2 aliphatic heterocycles. The molecule has 0 unspecified atom stereocenters. The second-order valence-electron chi connectivity index (χ2n) is 7.95. The number of hydrogen-bond acceptors (Lipinski definition) is 5. The second kappa shape index (κ2) is 9.35. The molecule has 0 saturated carbocycles. The quantitative estimate of drug-likeness (QED) is 0.515. The predicted molar refractivity (Wildman–Crippen MR) is 120 cm³/mol. The van der Waals surface area contributed by atoms with Crippen LogP contribution in [0.25, 0.3) is 0 Å². The fraction of sp³-hybridized carbons (Fsp3) is 0.435. The van der Waals surface area contributed by atoms with E-state index in [0.717, 1.165) is 30.7 Å². The average molecular weight is 443 g/mol. The highest BCUT2D eigenvalue weighted by molar-refractivity contribution is 8.00. The first-order chi connectivity index (χ1) is 14.5. The molecule has 4 rings (SSSR count). The van der Waals surface area contributed by atoms with Crippen LogP contribution in [0.15, 0.2) is 46.7 Å². The number of ketones is 1. The van der Waals surface area contributed by atoms with E-state index in [9.17, 15) is 14.4 Å². The van der Waals surface area contributed by atoms with Gasteiger partial charge in [-0.2, -0.15) is 0 Å². The molecule has 5 nitrogen and oxygen atoms in total. The smallest absolute Gasteiger partial charge is 0.254 e. The summed E-state index contributed by atoms with van der Waals surface area (Å²) >= 11 is 2.92. The van der Waals surface area contributed by atoms with Gasteiger partial charge in [-0.3, -0.25) is 14.4 Å². The van der Waals surface area contributed by atoms with Crippen LogP contribution < -0.4 is 0 Å². The van der Waals surface area contributed by atoms with Gasteiger partial charge in [0.05, 0.1) is 16.2 Å². The van der Waals surface area contributed by atoms with Crippen LogP contribution in [0.4, 0.5) is 0 Å². The number of benzene rings is 1. The molecule has 1 aromatic heterocycles. The zero-order chi connectivity index (χ0) is 21.1. The monoisotopic (exact) mass is 442 g/mol. The van der Waals surface area contributed by atoms with Gasteiger partial charge in [0.15, 0.2) is 5.78 Å². The fourth-order valence-corrected chi connectivity index (χ4v) is 6.05. The van der Waals surface area contributed by atoms with Crippen LogP contribution in [0.2, 0.25) is 0 Å². The number of piperidine rings is 2. The third kappa shape index (κ3) is 4.62. The molecule has 3 heterocycles. The van der Waals surface area contributed by atoms with Crippen molar-refractivity contribution >= 4 is 40.7 Å². The summed E-state index contributed by atoms with van der Waals surface area (Å²) in [7, 11) is 0. The van der Waals surface area contributed by atoms with E-state index >= 15 is 0 Å². The molecule has 2 atom stereocenters. The summed E-state index contributed by atoms with van der Waals surface area (Å²) in [5.74, 6) is 0.974. The maximum atomic E-state index is 12.9. The van der Waals surface area contributed by atoms with Crippen LogP contribution in [0, 0.1) is 5.92 Å². The minimum atomic E-state index is -0.00688. The molecule has 0 spiro atoms. The first kappa shape index (κ1) is 21.1. The molecule has 0 aliphatic carbocycles. The molecule has 2 fully saturated rings. The van der Waals surface area contributed by atoms with E-state index in [0.29, 0.717) is 35.2 Å². The number of fused-ring (bicyclic) bond motifs is 1. The maximum absolute atomic E-state index is 12.9. The summed E-state index contributed by atoms with van der Waals surface area (Å²) in [6.45, 7) is 3.68. The van der Waals surface area contributed by atoms with E-state index in [-0.39, 0.29) is 23.6 Å². The van der Waals surface area contributed by atoms with Gasteiger partial charge in [-0.1, -0.05) is 18.2 Å². The van der Waals surface area contributed by atoms with Crippen molar-refractivity contribution in [2.24, 2.45) is 5.92 Å². The van der Waals surface area contributed by atoms with Gasteiger partial charge in [0, 0.05) is 36.0 Å². The summed E-state index contributed by atoms with van der Waals surface area (Å²) in [6, 6.07) is 12.0. The summed E-state index contributed by atoms with van der Waals surface area (Å²) in [6.07, 6.45) is 2.85. The van der Waals surface area contributed by atoms with Crippen molar-refractivity contribution in [1.82, 2.24) is 9.80 Å². The van der Waals surface area contributed by atoms with Gasteiger partial charge in [-0.25, -0.2) is 0 Å². The maximum Gasteiger partial charge on any atom is 0.254 e. The Balaban J connectivity index is 1.37. The van der Waals surface area contributed by atoms with Gasteiger partial charge in [0.1, 0.15) is 0 Å². The van der Waals surface area contributed by atoms with Crippen LogP contribution in [0.3, 0.4) is 0 Å². The van der Waals surface area contributed by atoms with E-state index in [1.54, 1.807) is 23.2 Å². The van der Waals surface area contributed by atoms with Gasteiger partial charge >= 0.3 is 0 Å². The number of nitrogens with zero attached hydrogens (tertiary/aromatic N) is 2. The summed E-state index contributed by atoms with van der Waals surface area (Å²) < 4.78 is 0. The molecular formula is C23H26N2O3S2. The second-order valence-corrected chi connectivity index (χ2v) is 9.91. The highest BCUT2D eigenvalue weighted by Gasteiger charge is 2.39. The molecule has 2 amide bonds. The molecule has 0 N–H and O–H groups in total. The lowest BCUT2D eigenvalue weighted by Gasteiger charge is -2.47. The number of Topliss-reactive ketones (excluding diaryl/α,β-unsaturated/α-hetero) is 1. The largest absolute Gasteiger partial charge is 0.339 e. The molecule has 30 heavy (non-hydrogen) atoms. The van der Waals surface area contributed by atoms with E-state index in [1.807, 2.05) is 35.2 Å². The Labute approximate surface area is 185 Å². The van der Waals surface area contributed by atoms with Crippen molar-refractivity contribution in [1.29, 1.82) is 0 Å². The number of likely N-dealkylation sites (tertiary alicyclic amines) is 2. The third-order valence-corrected chi connectivity index (χ3v) is 8.00. The molecule has 2 aliphatic rings. The lowest BCUT2D eigenvalue weighted by molar-refractivity contribution is -0.135. The number of amides is 2. The Kier molecular flexibility index (Phi) is 6.58. The van der Waals surface area contributed by atoms with Crippen molar-refractivity contribution in [3.8, 4) is 0 Å². The van der Waals surface area contributed by atoms with Crippen LogP contribution >= 0.6 is 23.1 Å². The highest BCUT2D eigenvalue weighted by Crippen LogP contribution is 2.32. The van der Waals surface area contributed by atoms with Crippen LogP contribution in [-0.2, 0) is 4.79 Å². The van der Waals surface area contributed by atoms with Crippen molar-refractivity contribution in [2.45, 2.75) is 37.1 Å². The minimum absolute atomic E-state index is 0.000262. The lowest BCUT2D eigenvalue weighted by atomic mass is 9.83. The molecule has 2 saturated heterocycles. The van der Waals surface area contributed by atoms with Crippen molar-refractivity contribution in [3.63, 3.8) is 0 Å². The number of carbonyl (C=O) groups is 3. The van der Waals surface area contributed by atoms with Gasteiger partial charge in [-0.05, 0) is 50.3 Å². The third-order valence-electron chi connectivity index (χ3n) is 5.97. The van der Waals surface area contributed by atoms with Gasteiger partial charge < -0.3 is 9.80 Å². The molecule has 158 valence electrons.